The van der Waals surface area contributed by atoms with Gasteiger partial charge in [-0.3, -0.25) is 9.59 Å². The highest BCUT2D eigenvalue weighted by Gasteiger charge is 2.37. The van der Waals surface area contributed by atoms with Crippen LogP contribution in [0.3, 0.4) is 0 Å². The van der Waals surface area contributed by atoms with Crippen molar-refractivity contribution in [2.45, 2.75) is 93.3 Å². The number of rotatable bonds is 9. The zero-order chi connectivity index (χ0) is 28.8. The summed E-state index contributed by atoms with van der Waals surface area (Å²) in [4.78, 5) is 42.3. The van der Waals surface area contributed by atoms with E-state index in [1.165, 1.54) is 0 Å². The monoisotopic (exact) mass is 523 g/mol. The highest BCUT2D eigenvalue weighted by Crippen LogP contribution is 2.29. The molecule has 0 bridgehead atoms. The first kappa shape index (κ1) is 30.9. The van der Waals surface area contributed by atoms with E-state index in [0.29, 0.717) is 12.0 Å². The number of hydrogen-bond donors (Lipinski definition) is 2. The highest BCUT2D eigenvalue weighted by atomic mass is 16.6. The zero-order valence-electron chi connectivity index (χ0n) is 24.7. The van der Waals surface area contributed by atoms with E-state index in [4.69, 9.17) is 4.74 Å². The lowest BCUT2D eigenvalue weighted by Gasteiger charge is -2.35. The fraction of sp³-hybridized carbons (Fsp3) is 0.516. The molecular weight excluding hydrogens is 478 g/mol. The number of benzene rings is 2. The van der Waals surface area contributed by atoms with Gasteiger partial charge in [0, 0.05) is 12.2 Å². The molecule has 7 nitrogen and oxygen atoms in total. The summed E-state index contributed by atoms with van der Waals surface area (Å²) in [5.41, 5.74) is 4.76. The summed E-state index contributed by atoms with van der Waals surface area (Å²) in [5, 5.41) is 5.88. The summed E-state index contributed by atoms with van der Waals surface area (Å²) in [6.07, 6.45) is 0.00191. The molecule has 2 aromatic carbocycles. The molecule has 3 amide bonds. The zero-order valence-corrected chi connectivity index (χ0v) is 24.7. The van der Waals surface area contributed by atoms with E-state index in [2.05, 4.69) is 10.6 Å². The molecule has 2 rings (SSSR count). The lowest BCUT2D eigenvalue weighted by atomic mass is 9.94. The van der Waals surface area contributed by atoms with Crippen LogP contribution in [0.5, 0.6) is 0 Å². The third kappa shape index (κ3) is 7.83. The van der Waals surface area contributed by atoms with E-state index < -0.39 is 23.8 Å². The summed E-state index contributed by atoms with van der Waals surface area (Å²) in [5.74, 6) is -0.806. The number of para-hydroxylation sites is 1. The summed E-state index contributed by atoms with van der Waals surface area (Å²) in [6.45, 7) is 19.2. The standard InChI is InChI=1S/C31H45N3O4/c1-11-19(3)26(33-30(37)38-31(8,9)10)29(36)34(12-2)27(24-17-16-20(4)23(7)18-24)28(35)32-25-21(5)14-13-15-22(25)6/h13-19,26-27H,11-12H2,1-10H3,(H,32,35)(H,33,37). The Hall–Kier alpha value is -3.35. The Morgan fingerprint density at radius 2 is 1.53 bits per heavy atom. The average Bonchev–Trinajstić information content (AvgIpc) is 2.83. The fourth-order valence-electron chi connectivity index (χ4n) is 4.37. The maximum absolute atomic E-state index is 14.1. The van der Waals surface area contributed by atoms with E-state index >= 15 is 0 Å². The van der Waals surface area contributed by atoms with Crippen molar-refractivity contribution in [2.75, 3.05) is 11.9 Å². The van der Waals surface area contributed by atoms with Crippen LogP contribution in [0.2, 0.25) is 0 Å². The van der Waals surface area contributed by atoms with Gasteiger partial charge in [0.05, 0.1) is 0 Å². The molecule has 0 saturated carbocycles. The number of nitrogens with one attached hydrogen (secondary N) is 2. The molecule has 0 aliphatic rings. The topological polar surface area (TPSA) is 87.7 Å². The first-order valence-corrected chi connectivity index (χ1v) is 13.4. The van der Waals surface area contributed by atoms with Gasteiger partial charge < -0.3 is 20.3 Å². The molecule has 0 heterocycles. The highest BCUT2D eigenvalue weighted by molar-refractivity contribution is 6.00. The second-order valence-electron chi connectivity index (χ2n) is 11.1. The van der Waals surface area contributed by atoms with Crippen molar-refractivity contribution in [3.05, 3.63) is 64.2 Å². The Labute approximate surface area is 228 Å². The summed E-state index contributed by atoms with van der Waals surface area (Å²) in [6, 6.07) is 9.91. The minimum atomic E-state index is -0.891. The second-order valence-corrected chi connectivity index (χ2v) is 11.1. The largest absolute Gasteiger partial charge is 0.444 e. The number of alkyl carbamates (subject to hydrolysis) is 1. The third-order valence-electron chi connectivity index (χ3n) is 6.91. The second kappa shape index (κ2) is 12.9. The van der Waals surface area contributed by atoms with Gasteiger partial charge in [-0.05, 0) is 89.1 Å². The van der Waals surface area contributed by atoms with Gasteiger partial charge in [-0.2, -0.15) is 0 Å². The van der Waals surface area contributed by atoms with Crippen LogP contribution >= 0.6 is 0 Å². The van der Waals surface area contributed by atoms with Crippen LogP contribution in [-0.4, -0.2) is 41.0 Å². The van der Waals surface area contributed by atoms with E-state index in [1.54, 1.807) is 25.7 Å². The number of ether oxygens (including phenoxy) is 1. The SMILES string of the molecule is CCC(C)C(NC(=O)OC(C)(C)C)C(=O)N(CC)C(C(=O)Nc1c(C)cccc1C)c1ccc(C)c(C)c1. The summed E-state index contributed by atoms with van der Waals surface area (Å²) >= 11 is 0. The minimum absolute atomic E-state index is 0.175. The molecule has 3 unspecified atom stereocenters. The van der Waals surface area contributed by atoms with Crippen LogP contribution in [0.25, 0.3) is 0 Å². The van der Waals surface area contributed by atoms with Crippen LogP contribution < -0.4 is 10.6 Å². The van der Waals surface area contributed by atoms with Crippen molar-refractivity contribution in [3.63, 3.8) is 0 Å². The van der Waals surface area contributed by atoms with E-state index in [9.17, 15) is 14.4 Å². The van der Waals surface area contributed by atoms with Gasteiger partial charge in [0.25, 0.3) is 5.91 Å². The number of nitrogens with zero attached hydrogens (tertiary/aromatic N) is 1. The molecular formula is C31H45N3O4. The van der Waals surface area contributed by atoms with Crippen molar-refractivity contribution in [2.24, 2.45) is 5.92 Å². The fourth-order valence-corrected chi connectivity index (χ4v) is 4.37. The lowest BCUT2D eigenvalue weighted by molar-refractivity contribution is -0.141. The number of aryl methyl sites for hydroxylation is 4. The summed E-state index contributed by atoms with van der Waals surface area (Å²) in [7, 11) is 0. The molecule has 0 fully saturated rings. The molecule has 2 aromatic rings. The van der Waals surface area contributed by atoms with E-state index in [0.717, 1.165) is 27.9 Å². The molecule has 7 heteroatoms. The Balaban J connectivity index is 2.55. The first-order valence-electron chi connectivity index (χ1n) is 13.4. The maximum atomic E-state index is 14.1. The Morgan fingerprint density at radius 3 is 2.03 bits per heavy atom. The van der Waals surface area contributed by atoms with E-state index in [-0.39, 0.29) is 24.3 Å². The lowest BCUT2D eigenvalue weighted by Crippen LogP contribution is -2.54. The van der Waals surface area contributed by atoms with Crippen molar-refractivity contribution in [1.29, 1.82) is 0 Å². The Morgan fingerprint density at radius 1 is 0.921 bits per heavy atom. The normalized spacial score (nSPS) is 13.7. The van der Waals surface area contributed by atoms with Crippen LogP contribution in [-0.2, 0) is 14.3 Å². The number of carbonyl (C=O) groups is 3. The number of likely N-dealkylation sites (N-methyl/N-ethyl adjacent to an activating group) is 1. The predicted octanol–water partition coefficient (Wildman–Crippen LogP) is 6.39. The Kier molecular flexibility index (Phi) is 10.5. The van der Waals surface area contributed by atoms with Gasteiger partial charge in [0.15, 0.2) is 0 Å². The number of amides is 3. The van der Waals surface area contributed by atoms with Crippen molar-refractivity contribution >= 4 is 23.6 Å². The third-order valence-corrected chi connectivity index (χ3v) is 6.91. The van der Waals surface area contributed by atoms with Crippen molar-refractivity contribution < 1.29 is 19.1 Å². The molecule has 0 aromatic heterocycles. The number of anilines is 1. The van der Waals surface area contributed by atoms with Crippen LogP contribution in [0.15, 0.2) is 36.4 Å². The van der Waals surface area contributed by atoms with Gasteiger partial charge in [0.1, 0.15) is 17.7 Å². The van der Waals surface area contributed by atoms with Crippen molar-refractivity contribution in [1.82, 2.24) is 10.2 Å². The molecule has 38 heavy (non-hydrogen) atoms. The van der Waals surface area contributed by atoms with Crippen molar-refractivity contribution in [3.8, 4) is 0 Å². The van der Waals surface area contributed by atoms with Crippen LogP contribution in [0.1, 0.15) is 81.8 Å². The molecule has 0 aliphatic carbocycles. The molecule has 2 N–H and O–H groups in total. The molecule has 0 aliphatic heterocycles. The minimum Gasteiger partial charge on any atom is -0.444 e. The molecule has 0 spiro atoms. The van der Waals surface area contributed by atoms with Gasteiger partial charge in [-0.15, -0.1) is 0 Å². The molecule has 208 valence electrons. The van der Waals surface area contributed by atoms with Crippen LogP contribution in [0, 0.1) is 33.6 Å². The predicted molar refractivity (Wildman–Crippen MR) is 153 cm³/mol. The Bertz CT molecular complexity index is 1130. The smallest absolute Gasteiger partial charge is 0.408 e. The number of hydrogen-bond acceptors (Lipinski definition) is 4. The molecule has 0 radical (unpaired) electrons. The van der Waals surface area contributed by atoms with Gasteiger partial charge in [-0.1, -0.05) is 56.7 Å². The van der Waals surface area contributed by atoms with Gasteiger partial charge in [-0.25, -0.2) is 4.79 Å². The molecule has 0 saturated heterocycles. The average molecular weight is 524 g/mol. The molecule has 3 atom stereocenters. The number of carbonyl (C=O) groups excluding carboxylic acids is 3. The van der Waals surface area contributed by atoms with Crippen LogP contribution in [0.4, 0.5) is 10.5 Å². The summed E-state index contributed by atoms with van der Waals surface area (Å²) < 4.78 is 5.45. The quantitative estimate of drug-likeness (QED) is 0.399. The maximum Gasteiger partial charge on any atom is 0.408 e. The van der Waals surface area contributed by atoms with Gasteiger partial charge in [0.2, 0.25) is 5.91 Å². The van der Waals surface area contributed by atoms with E-state index in [1.807, 2.05) is 84.9 Å². The van der Waals surface area contributed by atoms with Gasteiger partial charge >= 0.3 is 6.09 Å². The first-order chi connectivity index (χ1) is 17.7.